The summed E-state index contributed by atoms with van der Waals surface area (Å²) in [5.41, 5.74) is 1.68. The van der Waals surface area contributed by atoms with Gasteiger partial charge in [-0.1, -0.05) is 48.1 Å². The van der Waals surface area contributed by atoms with Crippen molar-refractivity contribution in [2.75, 3.05) is 17.7 Å². The van der Waals surface area contributed by atoms with Gasteiger partial charge in [-0.2, -0.15) is 0 Å². The largest absolute Gasteiger partial charge is 0.493 e. The molecule has 30 heavy (non-hydrogen) atoms. The van der Waals surface area contributed by atoms with Gasteiger partial charge >= 0.3 is 4.87 Å². The molecule has 0 saturated carbocycles. The summed E-state index contributed by atoms with van der Waals surface area (Å²) in [7, 11) is 0. The fraction of sp³-hybridized carbons (Fsp3) is 0.273. The molecule has 1 amide bonds. The lowest BCUT2D eigenvalue weighted by Gasteiger charge is -2.44. The highest BCUT2D eigenvalue weighted by atomic mass is 35.5. The predicted molar refractivity (Wildman–Crippen MR) is 121 cm³/mol. The first-order valence-electron chi connectivity index (χ1n) is 9.58. The molecule has 0 radical (unpaired) electrons. The van der Waals surface area contributed by atoms with E-state index < -0.39 is 0 Å². The number of aromatic nitrogens is 1. The molecule has 0 saturated heterocycles. The minimum Gasteiger partial charge on any atom is -0.493 e. The number of carbonyl (C=O) groups excluding carboxylic acids is 1. The quantitative estimate of drug-likeness (QED) is 0.610. The van der Waals surface area contributed by atoms with Crippen LogP contribution in [0, 0.1) is 5.41 Å². The summed E-state index contributed by atoms with van der Waals surface area (Å²) in [5, 5.41) is 4.34. The number of ether oxygens (including phenoxy) is 1. The molecule has 0 fully saturated rings. The number of hydrogen-bond acceptors (Lipinski definition) is 5. The molecule has 8 heteroatoms. The van der Waals surface area contributed by atoms with Crippen LogP contribution in [0.2, 0.25) is 5.02 Å². The number of thiazole rings is 1. The predicted octanol–water partition coefficient (Wildman–Crippen LogP) is 4.84. The van der Waals surface area contributed by atoms with Gasteiger partial charge in [0.05, 0.1) is 11.6 Å². The van der Waals surface area contributed by atoms with Gasteiger partial charge in [0.15, 0.2) is 0 Å². The smallest absolute Gasteiger partial charge is 0.308 e. The number of thioether (sulfide) groups is 1. The Morgan fingerprint density at radius 3 is 2.83 bits per heavy atom. The van der Waals surface area contributed by atoms with Crippen molar-refractivity contribution >= 4 is 46.3 Å². The molecule has 0 spiro atoms. The summed E-state index contributed by atoms with van der Waals surface area (Å²) >= 11 is 8.79. The zero-order valence-corrected chi connectivity index (χ0v) is 18.6. The topological polar surface area (TPSA) is 60.3 Å². The van der Waals surface area contributed by atoms with E-state index in [0.29, 0.717) is 17.3 Å². The summed E-state index contributed by atoms with van der Waals surface area (Å²) in [5.74, 6) is 1.57. The van der Waals surface area contributed by atoms with Crippen molar-refractivity contribution in [2.24, 2.45) is 5.41 Å². The number of hydrogen-bond donors (Lipinski definition) is 1. The van der Waals surface area contributed by atoms with Gasteiger partial charge in [-0.15, -0.1) is 11.8 Å². The fourth-order valence-electron chi connectivity index (χ4n) is 4.12. The van der Waals surface area contributed by atoms with E-state index in [2.05, 4.69) is 18.3 Å². The molecule has 0 bridgehead atoms. The molecule has 2 aliphatic rings. The Labute approximate surface area is 187 Å². The van der Waals surface area contributed by atoms with E-state index in [1.807, 2.05) is 18.2 Å². The van der Waals surface area contributed by atoms with Gasteiger partial charge in [0, 0.05) is 38.2 Å². The van der Waals surface area contributed by atoms with Gasteiger partial charge in [-0.3, -0.25) is 14.2 Å². The maximum Gasteiger partial charge on any atom is 0.308 e. The molecule has 3 heterocycles. The van der Waals surface area contributed by atoms with Crippen molar-refractivity contribution in [2.45, 2.75) is 24.4 Å². The van der Waals surface area contributed by atoms with Crippen LogP contribution in [0.3, 0.4) is 0 Å². The van der Waals surface area contributed by atoms with E-state index in [-0.39, 0.29) is 28.7 Å². The van der Waals surface area contributed by atoms with E-state index in [0.717, 1.165) is 27.0 Å². The number of nitrogens with one attached hydrogen (secondary N) is 1. The van der Waals surface area contributed by atoms with Crippen molar-refractivity contribution in [1.29, 1.82) is 0 Å². The molecule has 5 nitrogen and oxygen atoms in total. The molecule has 1 aromatic heterocycles. The molecule has 2 aromatic carbocycles. The van der Waals surface area contributed by atoms with Crippen molar-refractivity contribution in [3.8, 4) is 5.75 Å². The van der Waals surface area contributed by atoms with E-state index >= 15 is 0 Å². The molecular formula is C22H19ClN2O3S2. The van der Waals surface area contributed by atoms with Crippen molar-refractivity contribution in [3.05, 3.63) is 73.7 Å². The zero-order valence-electron chi connectivity index (χ0n) is 16.2. The summed E-state index contributed by atoms with van der Waals surface area (Å²) in [6, 6.07) is 15.0. The van der Waals surface area contributed by atoms with Crippen LogP contribution in [0.1, 0.15) is 23.3 Å². The summed E-state index contributed by atoms with van der Waals surface area (Å²) in [6.07, 6.45) is 0. The Bertz CT molecular complexity index is 1190. The highest BCUT2D eigenvalue weighted by Gasteiger charge is 2.47. The Balaban J connectivity index is 1.48. The van der Waals surface area contributed by atoms with Crippen LogP contribution < -0.4 is 14.9 Å². The molecule has 5 rings (SSSR count). The highest BCUT2D eigenvalue weighted by Crippen LogP contribution is 2.56. The average Bonchev–Trinajstić information content (AvgIpc) is 3.04. The molecule has 0 aliphatic carbocycles. The van der Waals surface area contributed by atoms with Gasteiger partial charge in [-0.25, -0.2) is 0 Å². The van der Waals surface area contributed by atoms with E-state index in [9.17, 15) is 9.59 Å². The van der Waals surface area contributed by atoms with Gasteiger partial charge in [0.25, 0.3) is 0 Å². The van der Waals surface area contributed by atoms with Gasteiger partial charge in [-0.05, 0) is 30.3 Å². The Morgan fingerprint density at radius 2 is 2.03 bits per heavy atom. The lowest BCUT2D eigenvalue weighted by Crippen LogP contribution is -2.41. The molecule has 2 aliphatic heterocycles. The third-order valence-electron chi connectivity index (χ3n) is 5.59. The maximum absolute atomic E-state index is 12.9. The summed E-state index contributed by atoms with van der Waals surface area (Å²) in [4.78, 5) is 26.4. The van der Waals surface area contributed by atoms with E-state index in [1.54, 1.807) is 40.6 Å². The van der Waals surface area contributed by atoms with Crippen molar-refractivity contribution < 1.29 is 9.53 Å². The van der Waals surface area contributed by atoms with Crippen LogP contribution >= 0.6 is 34.7 Å². The van der Waals surface area contributed by atoms with Gasteiger partial charge in [0.1, 0.15) is 12.3 Å². The molecule has 0 unspecified atom stereocenters. The van der Waals surface area contributed by atoms with Crippen LogP contribution in [-0.4, -0.2) is 22.8 Å². The molecular weight excluding hydrogens is 440 g/mol. The third kappa shape index (κ3) is 3.35. The number of para-hydroxylation sites is 1. The Kier molecular flexibility index (Phi) is 4.92. The first kappa shape index (κ1) is 19.7. The van der Waals surface area contributed by atoms with Crippen LogP contribution in [-0.2, 0) is 11.3 Å². The Hall–Kier alpha value is -2.22. The van der Waals surface area contributed by atoms with Crippen LogP contribution in [0.5, 0.6) is 5.75 Å². The van der Waals surface area contributed by atoms with Crippen LogP contribution in [0.4, 0.5) is 5.69 Å². The number of amides is 1. The monoisotopic (exact) mass is 458 g/mol. The lowest BCUT2D eigenvalue weighted by atomic mass is 9.72. The number of fused-ring (bicyclic) bond motifs is 5. The highest BCUT2D eigenvalue weighted by molar-refractivity contribution is 7.99. The number of halogens is 1. The standard InChI is InChI=1S/C22H19ClN2O3S2/c1-22-11-28-16-5-3-2-4-15(16)18(22)19-20(29-12-22)25(21(27)30-19)10-17(26)24-14-8-6-13(23)7-9-14/h2-9,18H,10-12H2,1H3,(H,24,26)/t18-,22-/m0/s1. The van der Waals surface area contributed by atoms with Gasteiger partial charge in [0.2, 0.25) is 5.91 Å². The summed E-state index contributed by atoms with van der Waals surface area (Å²) < 4.78 is 7.62. The second-order valence-corrected chi connectivity index (χ2v) is 10.3. The van der Waals surface area contributed by atoms with Crippen molar-refractivity contribution in [3.63, 3.8) is 0 Å². The fourth-order valence-corrected chi connectivity index (χ4v) is 7.07. The molecule has 3 aromatic rings. The Morgan fingerprint density at radius 1 is 1.27 bits per heavy atom. The SMILES string of the molecule is C[C@@]12COc3ccccc3[C@H]1c1sc(=O)n(CC(=O)Nc3ccc(Cl)cc3)c1SC2. The van der Waals surface area contributed by atoms with Gasteiger partial charge < -0.3 is 10.1 Å². The van der Waals surface area contributed by atoms with Crippen molar-refractivity contribution in [1.82, 2.24) is 4.57 Å². The lowest BCUT2D eigenvalue weighted by molar-refractivity contribution is -0.116. The second kappa shape index (κ2) is 7.48. The number of benzene rings is 2. The molecule has 154 valence electrons. The first-order chi connectivity index (χ1) is 14.4. The number of nitrogens with zero attached hydrogens (tertiary/aromatic N) is 1. The molecule has 2 atom stereocenters. The number of rotatable bonds is 3. The third-order valence-corrected chi connectivity index (χ3v) is 8.53. The number of carbonyl (C=O) groups is 1. The number of anilines is 1. The normalized spacial score (nSPS) is 21.7. The van der Waals surface area contributed by atoms with E-state index in [1.165, 1.54) is 11.3 Å². The zero-order chi connectivity index (χ0) is 20.9. The average molecular weight is 459 g/mol. The maximum atomic E-state index is 12.9. The van der Waals surface area contributed by atoms with Crippen LogP contribution in [0.15, 0.2) is 58.4 Å². The minimum atomic E-state index is -0.235. The minimum absolute atomic E-state index is 0.0120. The molecule has 1 N–H and O–H groups in total. The second-order valence-electron chi connectivity index (χ2n) is 7.88. The first-order valence-corrected chi connectivity index (χ1v) is 11.8. The summed E-state index contributed by atoms with van der Waals surface area (Å²) in [6.45, 7) is 2.82. The van der Waals surface area contributed by atoms with Crippen LogP contribution in [0.25, 0.3) is 0 Å². The van der Waals surface area contributed by atoms with E-state index in [4.69, 9.17) is 16.3 Å².